The molecule has 0 amide bonds. The fraction of sp³-hybridized carbons (Fsp3) is 0.333. The average molecular weight is 169 g/mol. The zero-order valence-electron chi connectivity index (χ0n) is 6.14. The van der Waals surface area contributed by atoms with Crippen LogP contribution in [0.15, 0.2) is 18.2 Å². The van der Waals surface area contributed by atoms with E-state index in [9.17, 15) is 0 Å². The number of hydrogen-bond acceptors (Lipinski definition) is 1. The summed E-state index contributed by atoms with van der Waals surface area (Å²) in [4.78, 5) is 0. The standard InChI is InChI=1S/C9H9ClO/c10-4-7-1-2-8-5-11-6-9(8)3-7/h1-3H,4-6H2. The molecule has 0 aromatic heterocycles. The summed E-state index contributed by atoms with van der Waals surface area (Å²) in [5.74, 6) is 0.591. The molecule has 58 valence electrons. The van der Waals surface area contributed by atoms with Gasteiger partial charge in [-0.15, -0.1) is 11.6 Å². The molecule has 2 heteroatoms. The van der Waals surface area contributed by atoms with Gasteiger partial charge in [-0.1, -0.05) is 18.2 Å². The molecule has 0 N–H and O–H groups in total. The Morgan fingerprint density at radius 1 is 1.27 bits per heavy atom. The van der Waals surface area contributed by atoms with Gasteiger partial charge in [-0.05, 0) is 16.7 Å². The summed E-state index contributed by atoms with van der Waals surface area (Å²) in [5, 5.41) is 0. The van der Waals surface area contributed by atoms with Gasteiger partial charge in [0.05, 0.1) is 13.2 Å². The second-order valence-corrected chi connectivity index (χ2v) is 3.00. The Morgan fingerprint density at radius 2 is 2.09 bits per heavy atom. The Kier molecular flexibility index (Phi) is 1.84. The highest BCUT2D eigenvalue weighted by atomic mass is 35.5. The molecule has 1 aliphatic rings. The normalized spacial score (nSPS) is 15.0. The van der Waals surface area contributed by atoms with E-state index in [-0.39, 0.29) is 0 Å². The van der Waals surface area contributed by atoms with Crippen molar-refractivity contribution in [3.8, 4) is 0 Å². The summed E-state index contributed by atoms with van der Waals surface area (Å²) < 4.78 is 5.27. The summed E-state index contributed by atoms with van der Waals surface area (Å²) in [6.45, 7) is 1.51. The van der Waals surface area contributed by atoms with Gasteiger partial charge in [0.2, 0.25) is 0 Å². The number of rotatable bonds is 1. The third-order valence-corrected chi connectivity index (χ3v) is 2.25. The first-order valence-corrected chi connectivity index (χ1v) is 4.18. The summed E-state index contributed by atoms with van der Waals surface area (Å²) >= 11 is 5.69. The minimum absolute atomic E-state index is 0.591. The maximum atomic E-state index is 5.69. The predicted molar refractivity (Wildman–Crippen MR) is 44.5 cm³/mol. The highest BCUT2D eigenvalue weighted by molar-refractivity contribution is 6.17. The monoisotopic (exact) mass is 168 g/mol. The Morgan fingerprint density at radius 3 is 2.91 bits per heavy atom. The molecule has 0 saturated carbocycles. The molecule has 0 atom stereocenters. The van der Waals surface area contributed by atoms with Gasteiger partial charge in [-0.2, -0.15) is 0 Å². The van der Waals surface area contributed by atoms with Crippen LogP contribution in [0.2, 0.25) is 0 Å². The van der Waals surface area contributed by atoms with Crippen LogP contribution >= 0.6 is 11.6 Å². The molecule has 0 unspecified atom stereocenters. The van der Waals surface area contributed by atoms with E-state index in [1.54, 1.807) is 0 Å². The molecule has 1 aromatic carbocycles. The van der Waals surface area contributed by atoms with Gasteiger partial charge in [0.25, 0.3) is 0 Å². The van der Waals surface area contributed by atoms with Crippen molar-refractivity contribution in [2.75, 3.05) is 0 Å². The van der Waals surface area contributed by atoms with E-state index in [1.165, 1.54) is 16.7 Å². The topological polar surface area (TPSA) is 9.23 Å². The van der Waals surface area contributed by atoms with Gasteiger partial charge in [0.1, 0.15) is 0 Å². The smallest absolute Gasteiger partial charge is 0.0725 e. The molecule has 1 aliphatic heterocycles. The van der Waals surface area contributed by atoms with E-state index in [2.05, 4.69) is 18.2 Å². The lowest BCUT2D eigenvalue weighted by Crippen LogP contribution is -1.84. The predicted octanol–water partition coefficient (Wildman–Crippen LogP) is 2.46. The highest BCUT2D eigenvalue weighted by Gasteiger charge is 2.10. The van der Waals surface area contributed by atoms with Gasteiger partial charge < -0.3 is 4.74 Å². The summed E-state index contributed by atoms with van der Waals surface area (Å²) in [7, 11) is 0. The maximum Gasteiger partial charge on any atom is 0.0725 e. The van der Waals surface area contributed by atoms with E-state index in [4.69, 9.17) is 16.3 Å². The van der Waals surface area contributed by atoms with Crippen LogP contribution in [0.3, 0.4) is 0 Å². The molecular formula is C9H9ClO. The number of alkyl halides is 1. The summed E-state index contributed by atoms with van der Waals surface area (Å²) in [5.41, 5.74) is 3.78. The van der Waals surface area contributed by atoms with Crippen molar-refractivity contribution in [2.45, 2.75) is 19.1 Å². The highest BCUT2D eigenvalue weighted by Crippen LogP contribution is 2.21. The fourth-order valence-electron chi connectivity index (χ4n) is 1.31. The molecule has 1 heterocycles. The molecular weight excluding hydrogens is 160 g/mol. The van der Waals surface area contributed by atoms with E-state index >= 15 is 0 Å². The quantitative estimate of drug-likeness (QED) is 0.586. The molecule has 0 radical (unpaired) electrons. The molecule has 0 aliphatic carbocycles. The van der Waals surface area contributed by atoms with Crippen LogP contribution < -0.4 is 0 Å². The molecule has 1 aromatic rings. The fourth-order valence-corrected chi connectivity index (χ4v) is 1.47. The van der Waals surface area contributed by atoms with Gasteiger partial charge >= 0.3 is 0 Å². The Balaban J connectivity index is 2.41. The molecule has 1 nitrogen and oxygen atoms in total. The molecule has 0 bridgehead atoms. The number of halogens is 1. The van der Waals surface area contributed by atoms with Crippen molar-refractivity contribution in [3.05, 3.63) is 34.9 Å². The van der Waals surface area contributed by atoms with Gasteiger partial charge in [0, 0.05) is 5.88 Å². The number of hydrogen-bond donors (Lipinski definition) is 0. The van der Waals surface area contributed by atoms with E-state index in [1.807, 2.05) is 0 Å². The van der Waals surface area contributed by atoms with Crippen LogP contribution in [-0.2, 0) is 23.8 Å². The molecule has 0 saturated heterocycles. The van der Waals surface area contributed by atoms with Crippen LogP contribution in [0.5, 0.6) is 0 Å². The van der Waals surface area contributed by atoms with Crippen molar-refractivity contribution < 1.29 is 4.74 Å². The Hall–Kier alpha value is -0.530. The first-order chi connectivity index (χ1) is 5.40. The van der Waals surface area contributed by atoms with E-state index < -0.39 is 0 Å². The molecule has 0 fully saturated rings. The van der Waals surface area contributed by atoms with Crippen LogP contribution in [0.25, 0.3) is 0 Å². The summed E-state index contributed by atoms with van der Waals surface area (Å²) in [6, 6.07) is 6.27. The first kappa shape index (κ1) is 7.14. The van der Waals surface area contributed by atoms with Crippen LogP contribution in [0.4, 0.5) is 0 Å². The van der Waals surface area contributed by atoms with Crippen molar-refractivity contribution >= 4 is 11.6 Å². The van der Waals surface area contributed by atoms with Gasteiger partial charge in [0.15, 0.2) is 0 Å². The molecule has 0 spiro atoms. The molecule has 2 rings (SSSR count). The van der Waals surface area contributed by atoms with Crippen molar-refractivity contribution in [1.29, 1.82) is 0 Å². The summed E-state index contributed by atoms with van der Waals surface area (Å²) in [6.07, 6.45) is 0. The van der Waals surface area contributed by atoms with Crippen molar-refractivity contribution in [3.63, 3.8) is 0 Å². The number of benzene rings is 1. The largest absolute Gasteiger partial charge is 0.372 e. The third kappa shape index (κ3) is 1.26. The van der Waals surface area contributed by atoms with E-state index in [0.29, 0.717) is 5.88 Å². The number of fused-ring (bicyclic) bond motifs is 1. The lowest BCUT2D eigenvalue weighted by atomic mass is 10.1. The first-order valence-electron chi connectivity index (χ1n) is 3.64. The van der Waals surface area contributed by atoms with Crippen LogP contribution in [0, 0.1) is 0 Å². The van der Waals surface area contributed by atoms with Crippen LogP contribution in [0.1, 0.15) is 16.7 Å². The van der Waals surface area contributed by atoms with E-state index in [0.717, 1.165) is 13.2 Å². The Labute approximate surface area is 70.9 Å². The second-order valence-electron chi connectivity index (χ2n) is 2.73. The van der Waals surface area contributed by atoms with Gasteiger partial charge in [-0.25, -0.2) is 0 Å². The van der Waals surface area contributed by atoms with Crippen molar-refractivity contribution in [1.82, 2.24) is 0 Å². The Bertz CT molecular complexity index is 270. The maximum absolute atomic E-state index is 5.69. The SMILES string of the molecule is ClCc1ccc2c(c1)COC2. The zero-order valence-corrected chi connectivity index (χ0v) is 6.90. The van der Waals surface area contributed by atoms with Crippen molar-refractivity contribution in [2.24, 2.45) is 0 Å². The zero-order chi connectivity index (χ0) is 7.68. The average Bonchev–Trinajstić information content (AvgIpc) is 2.50. The second kappa shape index (κ2) is 2.84. The van der Waals surface area contributed by atoms with Gasteiger partial charge in [-0.3, -0.25) is 0 Å². The van der Waals surface area contributed by atoms with Crippen LogP contribution in [-0.4, -0.2) is 0 Å². The number of ether oxygens (including phenoxy) is 1. The lowest BCUT2D eigenvalue weighted by molar-refractivity contribution is 0.134. The minimum atomic E-state index is 0.591. The lowest BCUT2D eigenvalue weighted by Gasteiger charge is -1.98. The minimum Gasteiger partial charge on any atom is -0.372 e. The molecule has 11 heavy (non-hydrogen) atoms. The third-order valence-electron chi connectivity index (χ3n) is 1.94.